The van der Waals surface area contributed by atoms with Crippen LogP contribution >= 0.6 is 0 Å². The molecule has 2 aliphatic carbocycles. The predicted octanol–water partition coefficient (Wildman–Crippen LogP) is 4.79. The van der Waals surface area contributed by atoms with Crippen LogP contribution in [0.15, 0.2) is 18.2 Å². The van der Waals surface area contributed by atoms with Crippen LogP contribution in [0.5, 0.6) is 11.6 Å². The number of carbonyl (C=O) groups is 4. The molecule has 0 bridgehead atoms. The highest BCUT2D eigenvalue weighted by molar-refractivity contribution is 7.91. The van der Waals surface area contributed by atoms with Crippen LogP contribution in [0.4, 0.5) is 31.1 Å². The predicted molar refractivity (Wildman–Crippen MR) is 206 cm³/mol. The van der Waals surface area contributed by atoms with Crippen molar-refractivity contribution in [2.45, 2.75) is 125 Å². The molecule has 23 heteroatoms. The molecule has 7 atom stereocenters. The molecule has 0 radical (unpaired) electrons. The van der Waals surface area contributed by atoms with E-state index in [-0.39, 0.29) is 42.1 Å². The van der Waals surface area contributed by atoms with E-state index in [9.17, 15) is 53.9 Å². The fourth-order valence-electron chi connectivity index (χ4n) is 8.13. The monoisotopic (exact) mass is 908 g/mol. The molecule has 4 aliphatic rings. The van der Waals surface area contributed by atoms with Crippen LogP contribution in [0.1, 0.15) is 84.3 Å². The Morgan fingerprint density at radius 1 is 0.984 bits per heavy atom. The van der Waals surface area contributed by atoms with Gasteiger partial charge >= 0.3 is 18.4 Å². The van der Waals surface area contributed by atoms with Gasteiger partial charge in [0.2, 0.25) is 39.0 Å². The standard InChI is InChI=1S/C39H50F6N6O10S/c1-20-8-6-7-9-22-17-37(22,34(54)50-62(56,57)25-11-12-25)49-31(52)28-16-24(60-32-30(38(40,41)42)46-26-13-10-23(59-5)15-27(26)47-32)18-51(28)33(53)29(21(14-20)19-58-4)48-35(55)61-36(2,3)39(43,44)45/h10,13,15,20-22,24-25,28-29H,6-9,11-12,14,16-19H2,1-5H3,(H,48,55)(H,49,52)(H,50,54)/t20-,21+,22+,24-,28+,29+,37-/m1/s1. The largest absolute Gasteiger partial charge is 0.497 e. The summed E-state index contributed by atoms with van der Waals surface area (Å²) in [5, 5.41) is 4.15. The highest BCUT2D eigenvalue weighted by Crippen LogP contribution is 2.48. The molecule has 2 saturated heterocycles. The van der Waals surface area contributed by atoms with Crippen molar-refractivity contribution in [2.75, 3.05) is 27.4 Å². The molecule has 0 unspecified atom stereocenters. The average molecular weight is 909 g/mol. The van der Waals surface area contributed by atoms with Crippen LogP contribution in [-0.2, 0) is 40.1 Å². The Bertz CT molecular complexity index is 2160. The summed E-state index contributed by atoms with van der Waals surface area (Å²) in [5.74, 6) is -5.40. The number of halogens is 6. The molecular weight excluding hydrogens is 859 g/mol. The first-order valence-electron chi connectivity index (χ1n) is 20.2. The van der Waals surface area contributed by atoms with Crippen molar-refractivity contribution < 1.29 is 72.9 Å². The topological polar surface area (TPSA) is 204 Å². The molecule has 3 heterocycles. The first-order valence-corrected chi connectivity index (χ1v) is 21.8. The molecule has 2 aromatic rings. The van der Waals surface area contributed by atoms with E-state index in [1.54, 1.807) is 0 Å². The molecule has 0 spiro atoms. The minimum absolute atomic E-state index is 0.0485. The van der Waals surface area contributed by atoms with E-state index >= 15 is 0 Å². The Morgan fingerprint density at radius 3 is 2.31 bits per heavy atom. The lowest BCUT2D eigenvalue weighted by Crippen LogP contribution is -2.60. The summed E-state index contributed by atoms with van der Waals surface area (Å²) in [5.41, 5.74) is -6.47. The van der Waals surface area contributed by atoms with E-state index in [0.29, 0.717) is 52.4 Å². The number of methoxy groups -OCH3 is 2. The SMILES string of the molecule is COC[C@@H]1C[C@H](C)CCCC[C@H]2C[C@@]2(C(=O)NS(=O)(=O)C2CC2)NC(=O)[C@@H]2C[C@@H](Oc3nc4cc(OC)ccc4nc3C(F)(F)F)CN2C(=O)[C@H]1NC(=O)OC(C)(C)C(F)(F)F. The summed E-state index contributed by atoms with van der Waals surface area (Å²) < 4.78 is 134. The zero-order chi connectivity index (χ0) is 45.6. The second-order valence-electron chi connectivity index (χ2n) is 17.1. The number of alkyl halides is 6. The summed E-state index contributed by atoms with van der Waals surface area (Å²) in [7, 11) is -1.44. The second-order valence-corrected chi connectivity index (χ2v) is 19.1. The Kier molecular flexibility index (Phi) is 13.2. The smallest absolute Gasteiger partial charge is 0.438 e. The summed E-state index contributed by atoms with van der Waals surface area (Å²) >= 11 is 0. The molecular formula is C39H50F6N6O10S. The van der Waals surface area contributed by atoms with E-state index in [4.69, 9.17) is 18.9 Å². The van der Waals surface area contributed by atoms with E-state index < -0.39 is 117 Å². The zero-order valence-corrected chi connectivity index (χ0v) is 35.5. The number of hydrogen-bond acceptors (Lipinski definition) is 12. The maximum Gasteiger partial charge on any atom is 0.438 e. The maximum atomic E-state index is 14.9. The van der Waals surface area contributed by atoms with Gasteiger partial charge in [0.1, 0.15) is 29.5 Å². The second kappa shape index (κ2) is 17.5. The number of rotatable bonds is 10. The molecule has 1 aromatic heterocycles. The Labute approximate surface area is 353 Å². The molecule has 62 heavy (non-hydrogen) atoms. The third-order valence-electron chi connectivity index (χ3n) is 11.9. The molecule has 16 nitrogen and oxygen atoms in total. The van der Waals surface area contributed by atoms with Gasteiger partial charge in [-0.25, -0.2) is 23.2 Å². The van der Waals surface area contributed by atoms with E-state index in [0.717, 1.165) is 4.90 Å². The van der Waals surface area contributed by atoms with Gasteiger partial charge in [-0.2, -0.15) is 26.3 Å². The van der Waals surface area contributed by atoms with Gasteiger partial charge in [-0.15, -0.1) is 0 Å². The lowest BCUT2D eigenvalue weighted by atomic mass is 9.86. The number of sulfonamides is 1. The highest BCUT2D eigenvalue weighted by atomic mass is 32.2. The molecule has 3 N–H and O–H groups in total. The van der Waals surface area contributed by atoms with Gasteiger partial charge in [0.15, 0.2) is 0 Å². The van der Waals surface area contributed by atoms with Gasteiger partial charge in [-0.1, -0.05) is 26.2 Å². The summed E-state index contributed by atoms with van der Waals surface area (Å²) in [6.07, 6.45) is -10.7. The first-order chi connectivity index (χ1) is 28.9. The third kappa shape index (κ3) is 10.2. The lowest BCUT2D eigenvalue weighted by molar-refractivity contribution is -0.244. The molecule has 344 valence electrons. The van der Waals surface area contributed by atoms with Gasteiger partial charge in [-0.3, -0.25) is 19.1 Å². The molecule has 2 aliphatic heterocycles. The van der Waals surface area contributed by atoms with Crippen LogP contribution in [0.25, 0.3) is 11.0 Å². The number of amides is 4. The van der Waals surface area contributed by atoms with Gasteiger partial charge in [0.05, 0.1) is 36.5 Å². The number of carbonyl (C=O) groups excluding carboxylic acids is 4. The number of hydrogen-bond donors (Lipinski definition) is 3. The third-order valence-corrected chi connectivity index (χ3v) is 13.7. The van der Waals surface area contributed by atoms with E-state index in [1.807, 2.05) is 6.92 Å². The van der Waals surface area contributed by atoms with Crippen molar-refractivity contribution in [3.63, 3.8) is 0 Å². The van der Waals surface area contributed by atoms with Crippen molar-refractivity contribution >= 4 is 44.9 Å². The van der Waals surface area contributed by atoms with Gasteiger partial charge < -0.3 is 34.5 Å². The molecule has 4 amide bonds. The number of aromatic nitrogens is 2. The molecule has 1 aromatic carbocycles. The number of nitrogens with one attached hydrogen (secondary N) is 3. The van der Waals surface area contributed by atoms with Gasteiger partial charge in [-0.05, 0) is 69.9 Å². The van der Waals surface area contributed by atoms with Crippen LogP contribution in [0.2, 0.25) is 0 Å². The minimum atomic E-state index is -5.10. The number of benzene rings is 1. The Balaban J connectivity index is 1.40. The summed E-state index contributed by atoms with van der Waals surface area (Å²) in [6, 6.07) is 0.594. The van der Waals surface area contributed by atoms with Crippen molar-refractivity contribution in [3.05, 3.63) is 23.9 Å². The van der Waals surface area contributed by atoms with E-state index in [1.165, 1.54) is 32.4 Å². The fraction of sp³-hybridized carbons (Fsp3) is 0.692. The van der Waals surface area contributed by atoms with Crippen LogP contribution in [0, 0.1) is 17.8 Å². The number of ether oxygens (including phenoxy) is 4. The maximum absolute atomic E-state index is 14.9. The van der Waals surface area contributed by atoms with E-state index in [2.05, 4.69) is 25.3 Å². The summed E-state index contributed by atoms with van der Waals surface area (Å²) in [6.45, 7) is 2.24. The molecule has 6 rings (SSSR count). The normalized spacial score (nSPS) is 27.8. The average Bonchev–Trinajstić information content (AvgIpc) is 4.10. The Hall–Kier alpha value is -4.67. The first kappa shape index (κ1) is 46.8. The highest BCUT2D eigenvalue weighted by Gasteiger charge is 2.63. The quantitative estimate of drug-likeness (QED) is 0.276. The lowest BCUT2D eigenvalue weighted by Gasteiger charge is -2.35. The minimum Gasteiger partial charge on any atom is -0.497 e. The summed E-state index contributed by atoms with van der Waals surface area (Å²) in [4.78, 5) is 65.2. The number of fused-ring (bicyclic) bond motifs is 3. The fourth-order valence-corrected chi connectivity index (χ4v) is 9.50. The Morgan fingerprint density at radius 2 is 1.68 bits per heavy atom. The number of nitrogens with zero attached hydrogens (tertiary/aromatic N) is 3. The molecule has 2 saturated carbocycles. The van der Waals surface area contributed by atoms with Crippen LogP contribution in [-0.4, -0.2) is 115 Å². The van der Waals surface area contributed by atoms with Crippen molar-refractivity contribution in [1.29, 1.82) is 0 Å². The van der Waals surface area contributed by atoms with Gasteiger partial charge in [0.25, 0.3) is 5.91 Å². The molecule has 4 fully saturated rings. The van der Waals surface area contributed by atoms with Gasteiger partial charge in [0, 0.05) is 25.5 Å². The van der Waals surface area contributed by atoms with Crippen LogP contribution < -0.4 is 24.8 Å². The number of alkyl carbamates (subject to hydrolysis) is 1. The zero-order valence-electron chi connectivity index (χ0n) is 34.7. The van der Waals surface area contributed by atoms with Crippen molar-refractivity contribution in [3.8, 4) is 11.6 Å². The van der Waals surface area contributed by atoms with Crippen molar-refractivity contribution in [1.82, 2.24) is 30.2 Å². The van der Waals surface area contributed by atoms with Crippen molar-refractivity contribution in [2.24, 2.45) is 17.8 Å². The van der Waals surface area contributed by atoms with Crippen LogP contribution in [0.3, 0.4) is 0 Å².